The first-order valence-electron chi connectivity index (χ1n) is 6.08. The maximum absolute atomic E-state index is 12.9. The molecule has 3 heteroatoms. The fraction of sp³-hybridized carbons (Fsp3) is 0.200. The lowest BCUT2D eigenvalue weighted by atomic mass is 10.4. The standard InChI is InChI=1S/C15H17OPS/c1-2-17(16,14-8-4-3-5-9-14)12-6-10-15-11-7-13-18-15/h3-11,13H,2,12H2,1H3/b10-6+/t17-/m1/s1. The van der Waals surface area contributed by atoms with Gasteiger partial charge in [-0.25, -0.2) is 0 Å². The summed E-state index contributed by atoms with van der Waals surface area (Å²) >= 11 is 1.70. The Labute approximate surface area is 113 Å². The smallest absolute Gasteiger partial charge is 0.118 e. The van der Waals surface area contributed by atoms with E-state index in [-0.39, 0.29) is 0 Å². The molecule has 0 saturated carbocycles. The summed E-state index contributed by atoms with van der Waals surface area (Å²) in [5.74, 6) is 0. The predicted octanol–water partition coefficient (Wildman–Crippen LogP) is 4.47. The monoisotopic (exact) mass is 276 g/mol. The highest BCUT2D eigenvalue weighted by atomic mass is 32.1. The highest BCUT2D eigenvalue weighted by molar-refractivity contribution is 7.71. The average molecular weight is 276 g/mol. The summed E-state index contributed by atoms with van der Waals surface area (Å²) in [5, 5.41) is 3.04. The van der Waals surface area contributed by atoms with Crippen molar-refractivity contribution in [3.05, 3.63) is 58.8 Å². The molecule has 1 heterocycles. The lowest BCUT2D eigenvalue weighted by molar-refractivity contribution is 0.583. The first-order valence-corrected chi connectivity index (χ1v) is 9.04. The van der Waals surface area contributed by atoms with Crippen LogP contribution in [0.4, 0.5) is 0 Å². The predicted molar refractivity (Wildman–Crippen MR) is 82.4 cm³/mol. The fourth-order valence-electron chi connectivity index (χ4n) is 1.84. The van der Waals surface area contributed by atoms with Gasteiger partial charge in [0, 0.05) is 22.5 Å². The van der Waals surface area contributed by atoms with Crippen LogP contribution in [0.1, 0.15) is 11.8 Å². The van der Waals surface area contributed by atoms with E-state index in [1.807, 2.05) is 49.4 Å². The van der Waals surface area contributed by atoms with E-state index >= 15 is 0 Å². The number of thiophene rings is 1. The van der Waals surface area contributed by atoms with Crippen LogP contribution in [0.3, 0.4) is 0 Å². The molecule has 1 aromatic carbocycles. The SMILES string of the molecule is CC[P@@](=O)(C/C=C/c1cccs1)c1ccccc1. The van der Waals surface area contributed by atoms with Gasteiger partial charge in [-0.05, 0) is 17.5 Å². The van der Waals surface area contributed by atoms with E-state index in [9.17, 15) is 4.57 Å². The normalized spacial score (nSPS) is 14.7. The number of benzene rings is 1. The molecule has 1 nitrogen and oxygen atoms in total. The molecule has 0 bridgehead atoms. The van der Waals surface area contributed by atoms with E-state index in [4.69, 9.17) is 0 Å². The fourth-order valence-corrected chi connectivity index (χ4v) is 4.48. The Morgan fingerprint density at radius 2 is 1.94 bits per heavy atom. The van der Waals surface area contributed by atoms with Crippen molar-refractivity contribution in [3.8, 4) is 0 Å². The van der Waals surface area contributed by atoms with Crippen molar-refractivity contribution in [2.24, 2.45) is 0 Å². The maximum Gasteiger partial charge on any atom is 0.118 e. The minimum atomic E-state index is -2.25. The van der Waals surface area contributed by atoms with Crippen LogP contribution in [0.25, 0.3) is 6.08 Å². The summed E-state index contributed by atoms with van der Waals surface area (Å²) in [6, 6.07) is 13.9. The Morgan fingerprint density at radius 1 is 1.17 bits per heavy atom. The Morgan fingerprint density at radius 3 is 2.56 bits per heavy atom. The van der Waals surface area contributed by atoms with Gasteiger partial charge in [0.1, 0.15) is 7.14 Å². The molecule has 94 valence electrons. The van der Waals surface area contributed by atoms with Gasteiger partial charge in [0.25, 0.3) is 0 Å². The molecule has 1 aromatic heterocycles. The molecule has 0 fully saturated rings. The zero-order chi connectivity index (χ0) is 12.8. The second kappa shape index (κ2) is 6.17. The van der Waals surface area contributed by atoms with E-state index < -0.39 is 7.14 Å². The molecule has 0 aliphatic rings. The van der Waals surface area contributed by atoms with Gasteiger partial charge in [0.05, 0.1) is 0 Å². The second-order valence-corrected chi connectivity index (χ2v) is 8.41. The Balaban J connectivity index is 2.12. The van der Waals surface area contributed by atoms with E-state index in [0.717, 1.165) is 5.30 Å². The Hall–Kier alpha value is -1.11. The van der Waals surface area contributed by atoms with Gasteiger partial charge < -0.3 is 4.57 Å². The second-order valence-electron chi connectivity index (χ2n) is 4.14. The molecule has 0 aliphatic carbocycles. The molecular formula is C15H17OPS. The zero-order valence-electron chi connectivity index (χ0n) is 10.5. The molecule has 18 heavy (non-hydrogen) atoms. The molecule has 2 aromatic rings. The average Bonchev–Trinajstić information content (AvgIpc) is 2.93. The van der Waals surface area contributed by atoms with Crippen molar-refractivity contribution in [1.29, 1.82) is 0 Å². The highest BCUT2D eigenvalue weighted by Crippen LogP contribution is 2.43. The summed E-state index contributed by atoms with van der Waals surface area (Å²) < 4.78 is 12.9. The van der Waals surface area contributed by atoms with Crippen LogP contribution >= 0.6 is 18.5 Å². The lowest BCUT2D eigenvalue weighted by Gasteiger charge is -2.14. The number of hydrogen-bond donors (Lipinski definition) is 0. The third kappa shape index (κ3) is 3.22. The Kier molecular flexibility index (Phi) is 4.57. The third-order valence-corrected chi connectivity index (χ3v) is 6.86. The summed E-state index contributed by atoms with van der Waals surface area (Å²) in [7, 11) is -2.25. The van der Waals surface area contributed by atoms with Gasteiger partial charge in [0.15, 0.2) is 0 Å². The van der Waals surface area contributed by atoms with Crippen LogP contribution in [-0.2, 0) is 4.57 Å². The van der Waals surface area contributed by atoms with Crippen LogP contribution in [0, 0.1) is 0 Å². The lowest BCUT2D eigenvalue weighted by Crippen LogP contribution is -2.08. The number of hydrogen-bond acceptors (Lipinski definition) is 2. The van der Waals surface area contributed by atoms with Gasteiger partial charge in [-0.1, -0.05) is 49.4 Å². The summed E-state index contributed by atoms with van der Waals surface area (Å²) in [5.41, 5.74) is 0. The minimum Gasteiger partial charge on any atom is -0.318 e. The quantitative estimate of drug-likeness (QED) is 0.736. The van der Waals surface area contributed by atoms with Gasteiger partial charge in [-0.15, -0.1) is 11.3 Å². The third-order valence-electron chi connectivity index (χ3n) is 2.96. The molecule has 0 saturated heterocycles. The van der Waals surface area contributed by atoms with Gasteiger partial charge in [0.2, 0.25) is 0 Å². The Bertz CT molecular complexity index is 543. The first kappa shape index (κ1) is 13.3. The molecule has 0 aliphatic heterocycles. The van der Waals surface area contributed by atoms with Crippen LogP contribution in [0.5, 0.6) is 0 Å². The van der Waals surface area contributed by atoms with Crippen molar-refractivity contribution in [1.82, 2.24) is 0 Å². The van der Waals surface area contributed by atoms with Gasteiger partial charge >= 0.3 is 0 Å². The van der Waals surface area contributed by atoms with Crippen molar-refractivity contribution in [3.63, 3.8) is 0 Å². The molecule has 0 amide bonds. The van der Waals surface area contributed by atoms with E-state index in [0.29, 0.717) is 12.3 Å². The molecule has 2 rings (SSSR count). The van der Waals surface area contributed by atoms with E-state index in [1.54, 1.807) is 11.3 Å². The van der Waals surface area contributed by atoms with Gasteiger partial charge in [-0.3, -0.25) is 0 Å². The molecule has 0 spiro atoms. The molecular weight excluding hydrogens is 259 g/mol. The molecule has 0 unspecified atom stereocenters. The van der Waals surface area contributed by atoms with Crippen LogP contribution in [0.2, 0.25) is 0 Å². The summed E-state index contributed by atoms with van der Waals surface area (Å²) in [6.07, 6.45) is 5.47. The van der Waals surface area contributed by atoms with Crippen molar-refractivity contribution in [2.75, 3.05) is 12.3 Å². The highest BCUT2D eigenvalue weighted by Gasteiger charge is 2.19. The molecule has 0 N–H and O–H groups in total. The summed E-state index contributed by atoms with van der Waals surface area (Å²) in [4.78, 5) is 1.21. The maximum atomic E-state index is 12.9. The zero-order valence-corrected chi connectivity index (χ0v) is 12.2. The van der Waals surface area contributed by atoms with E-state index in [1.165, 1.54) is 4.88 Å². The van der Waals surface area contributed by atoms with E-state index in [2.05, 4.69) is 17.5 Å². The largest absolute Gasteiger partial charge is 0.318 e. The van der Waals surface area contributed by atoms with Crippen molar-refractivity contribution >= 4 is 29.9 Å². The van der Waals surface area contributed by atoms with Crippen molar-refractivity contribution in [2.45, 2.75) is 6.92 Å². The van der Waals surface area contributed by atoms with Gasteiger partial charge in [-0.2, -0.15) is 0 Å². The summed E-state index contributed by atoms with van der Waals surface area (Å²) in [6.45, 7) is 2.01. The minimum absolute atomic E-state index is 0.644. The van der Waals surface area contributed by atoms with Crippen molar-refractivity contribution < 1.29 is 4.57 Å². The first-order chi connectivity index (χ1) is 8.74. The number of rotatable bonds is 5. The number of allylic oxidation sites excluding steroid dienone is 1. The topological polar surface area (TPSA) is 17.1 Å². The van der Waals surface area contributed by atoms with Crippen LogP contribution in [-0.4, -0.2) is 12.3 Å². The molecule has 0 radical (unpaired) electrons. The van der Waals surface area contributed by atoms with Crippen LogP contribution in [0.15, 0.2) is 53.9 Å². The van der Waals surface area contributed by atoms with Crippen LogP contribution < -0.4 is 5.30 Å². The molecule has 1 atom stereocenters.